The number of carbonyl (C=O) groups is 2. The number of aryl methyl sites for hydroxylation is 2. The molecule has 0 saturated heterocycles. The summed E-state index contributed by atoms with van der Waals surface area (Å²) < 4.78 is 0. The Bertz CT molecular complexity index is 739. The van der Waals surface area contributed by atoms with Gasteiger partial charge in [-0.05, 0) is 48.9 Å². The summed E-state index contributed by atoms with van der Waals surface area (Å²) in [6.07, 6.45) is 5.11. The highest BCUT2D eigenvalue weighted by Crippen LogP contribution is 2.22. The van der Waals surface area contributed by atoms with E-state index in [1.54, 1.807) is 0 Å². The highest BCUT2D eigenvalue weighted by Gasteiger charge is 2.13. The van der Waals surface area contributed by atoms with Crippen LogP contribution in [-0.4, -0.2) is 28.5 Å². The number of carboxylic acid groups (broad SMARTS) is 1. The standard InChI is InChI=1S/C17H18N2O3S/c20-16(13-6-5-11-3-1-2-4-12(11)9-13)18-8-7-15-19-14(10-23-15)17(21)22/h5-6,9-10H,1-4,7-8H2,(H,18,20)(H,21,22). The number of nitrogens with one attached hydrogen (secondary N) is 1. The summed E-state index contributed by atoms with van der Waals surface area (Å²) in [4.78, 5) is 27.0. The van der Waals surface area contributed by atoms with Crippen LogP contribution in [0.4, 0.5) is 0 Å². The van der Waals surface area contributed by atoms with E-state index in [0.29, 0.717) is 23.5 Å². The van der Waals surface area contributed by atoms with Gasteiger partial charge in [0.1, 0.15) is 0 Å². The molecule has 0 spiro atoms. The Morgan fingerprint density at radius 1 is 1.22 bits per heavy atom. The smallest absolute Gasteiger partial charge is 0.355 e. The van der Waals surface area contributed by atoms with Gasteiger partial charge in [-0.2, -0.15) is 0 Å². The van der Waals surface area contributed by atoms with Gasteiger partial charge in [0.2, 0.25) is 0 Å². The molecule has 1 heterocycles. The molecule has 120 valence electrons. The molecule has 0 aliphatic heterocycles. The second-order valence-corrected chi connectivity index (χ2v) is 6.57. The van der Waals surface area contributed by atoms with Crippen molar-refractivity contribution in [2.45, 2.75) is 32.1 Å². The van der Waals surface area contributed by atoms with Gasteiger partial charge in [-0.3, -0.25) is 4.79 Å². The van der Waals surface area contributed by atoms with Crippen molar-refractivity contribution in [1.82, 2.24) is 10.3 Å². The fourth-order valence-electron chi connectivity index (χ4n) is 2.78. The Labute approximate surface area is 138 Å². The zero-order chi connectivity index (χ0) is 16.2. The number of hydrogen-bond donors (Lipinski definition) is 2. The van der Waals surface area contributed by atoms with E-state index in [1.165, 1.54) is 40.7 Å². The zero-order valence-electron chi connectivity index (χ0n) is 12.7. The topological polar surface area (TPSA) is 79.3 Å². The maximum absolute atomic E-state index is 12.2. The summed E-state index contributed by atoms with van der Waals surface area (Å²) in [6.45, 7) is 0.447. The number of amides is 1. The van der Waals surface area contributed by atoms with Crippen molar-refractivity contribution < 1.29 is 14.7 Å². The van der Waals surface area contributed by atoms with Crippen molar-refractivity contribution in [2.75, 3.05) is 6.54 Å². The van der Waals surface area contributed by atoms with Crippen LogP contribution in [0.15, 0.2) is 23.6 Å². The largest absolute Gasteiger partial charge is 0.476 e. The summed E-state index contributed by atoms with van der Waals surface area (Å²) in [5.41, 5.74) is 3.40. The van der Waals surface area contributed by atoms with Crippen LogP contribution in [-0.2, 0) is 19.3 Å². The van der Waals surface area contributed by atoms with Crippen molar-refractivity contribution in [1.29, 1.82) is 0 Å². The quantitative estimate of drug-likeness (QED) is 0.883. The van der Waals surface area contributed by atoms with E-state index in [-0.39, 0.29) is 11.6 Å². The Morgan fingerprint density at radius 3 is 2.74 bits per heavy atom. The molecule has 5 nitrogen and oxygen atoms in total. The molecule has 3 rings (SSSR count). The number of rotatable bonds is 5. The Morgan fingerprint density at radius 2 is 2.00 bits per heavy atom. The third-order valence-electron chi connectivity index (χ3n) is 4.01. The summed E-state index contributed by atoms with van der Waals surface area (Å²) in [5, 5.41) is 13.9. The summed E-state index contributed by atoms with van der Waals surface area (Å²) in [7, 11) is 0. The summed E-state index contributed by atoms with van der Waals surface area (Å²) >= 11 is 1.30. The molecule has 1 aliphatic carbocycles. The average molecular weight is 330 g/mol. The predicted octanol–water partition coefficient (Wildman–Crippen LogP) is 2.69. The molecule has 23 heavy (non-hydrogen) atoms. The lowest BCUT2D eigenvalue weighted by molar-refractivity contribution is 0.0690. The second-order valence-electron chi connectivity index (χ2n) is 5.63. The zero-order valence-corrected chi connectivity index (χ0v) is 13.5. The Kier molecular flexibility index (Phi) is 4.71. The molecule has 1 aliphatic rings. The molecule has 2 N–H and O–H groups in total. The van der Waals surface area contributed by atoms with Crippen molar-refractivity contribution in [2.24, 2.45) is 0 Å². The number of carboxylic acids is 1. The molecular weight excluding hydrogens is 312 g/mol. The number of nitrogens with zero attached hydrogens (tertiary/aromatic N) is 1. The molecule has 0 saturated carbocycles. The number of benzene rings is 1. The fourth-order valence-corrected chi connectivity index (χ4v) is 3.56. The number of aromatic nitrogens is 1. The molecule has 0 bridgehead atoms. The first-order valence-electron chi connectivity index (χ1n) is 7.71. The van der Waals surface area contributed by atoms with Crippen LogP contribution in [0.5, 0.6) is 0 Å². The lowest BCUT2D eigenvalue weighted by Gasteiger charge is -2.16. The van der Waals surface area contributed by atoms with Gasteiger partial charge in [0.25, 0.3) is 5.91 Å². The third kappa shape index (κ3) is 3.76. The molecule has 1 aromatic carbocycles. The van der Waals surface area contributed by atoms with Gasteiger partial charge in [0.05, 0.1) is 5.01 Å². The molecule has 6 heteroatoms. The monoisotopic (exact) mass is 330 g/mol. The number of hydrogen-bond acceptors (Lipinski definition) is 4. The maximum Gasteiger partial charge on any atom is 0.355 e. The lowest BCUT2D eigenvalue weighted by atomic mass is 9.90. The lowest BCUT2D eigenvalue weighted by Crippen LogP contribution is -2.26. The molecule has 0 fully saturated rings. The van der Waals surface area contributed by atoms with Crippen molar-refractivity contribution in [3.63, 3.8) is 0 Å². The molecule has 2 aromatic rings. The third-order valence-corrected chi connectivity index (χ3v) is 4.91. The van der Waals surface area contributed by atoms with Crippen LogP contribution < -0.4 is 5.32 Å². The van der Waals surface area contributed by atoms with Gasteiger partial charge in [-0.1, -0.05) is 6.07 Å². The molecule has 0 unspecified atom stereocenters. The first-order chi connectivity index (χ1) is 11.1. The highest BCUT2D eigenvalue weighted by molar-refractivity contribution is 7.09. The fraction of sp³-hybridized carbons (Fsp3) is 0.353. The van der Waals surface area contributed by atoms with E-state index in [2.05, 4.69) is 16.4 Å². The minimum absolute atomic E-state index is 0.0611. The van der Waals surface area contributed by atoms with E-state index >= 15 is 0 Å². The Balaban J connectivity index is 1.55. The first kappa shape index (κ1) is 15.7. The van der Waals surface area contributed by atoms with Crippen LogP contribution in [0, 0.1) is 0 Å². The number of thiazole rings is 1. The van der Waals surface area contributed by atoms with Gasteiger partial charge < -0.3 is 10.4 Å². The molecular formula is C17H18N2O3S. The van der Waals surface area contributed by atoms with Crippen LogP contribution in [0.2, 0.25) is 0 Å². The highest BCUT2D eigenvalue weighted by atomic mass is 32.1. The number of aromatic carboxylic acids is 1. The average Bonchev–Trinajstić information content (AvgIpc) is 3.03. The maximum atomic E-state index is 12.2. The van der Waals surface area contributed by atoms with Gasteiger partial charge >= 0.3 is 5.97 Å². The van der Waals surface area contributed by atoms with Gasteiger partial charge in [0, 0.05) is 23.9 Å². The van der Waals surface area contributed by atoms with Gasteiger partial charge in [-0.25, -0.2) is 9.78 Å². The first-order valence-corrected chi connectivity index (χ1v) is 8.59. The van der Waals surface area contributed by atoms with Crippen LogP contribution >= 0.6 is 11.3 Å². The molecule has 1 amide bonds. The van der Waals surface area contributed by atoms with E-state index in [9.17, 15) is 9.59 Å². The van der Waals surface area contributed by atoms with Crippen LogP contribution in [0.1, 0.15) is 49.8 Å². The minimum Gasteiger partial charge on any atom is -0.476 e. The Hall–Kier alpha value is -2.21. The van der Waals surface area contributed by atoms with Crippen molar-refractivity contribution in [3.8, 4) is 0 Å². The van der Waals surface area contributed by atoms with E-state index in [0.717, 1.165) is 12.8 Å². The van der Waals surface area contributed by atoms with E-state index < -0.39 is 5.97 Å². The molecule has 1 aromatic heterocycles. The predicted molar refractivity (Wildman–Crippen MR) is 88.2 cm³/mol. The second kappa shape index (κ2) is 6.91. The van der Waals surface area contributed by atoms with Crippen molar-refractivity contribution in [3.05, 3.63) is 51.0 Å². The van der Waals surface area contributed by atoms with Crippen molar-refractivity contribution >= 4 is 23.2 Å². The molecule has 0 atom stereocenters. The normalized spacial score (nSPS) is 13.4. The SMILES string of the molecule is O=C(NCCc1nc(C(=O)O)cs1)c1ccc2c(c1)CCCC2. The summed E-state index contributed by atoms with van der Waals surface area (Å²) in [5.74, 6) is -1.11. The minimum atomic E-state index is -1.02. The van der Waals surface area contributed by atoms with E-state index in [4.69, 9.17) is 5.11 Å². The molecule has 0 radical (unpaired) electrons. The van der Waals surface area contributed by atoms with E-state index in [1.807, 2.05) is 12.1 Å². The van der Waals surface area contributed by atoms with Crippen LogP contribution in [0.25, 0.3) is 0 Å². The van der Waals surface area contributed by atoms with Gasteiger partial charge in [0.15, 0.2) is 5.69 Å². The number of fused-ring (bicyclic) bond motifs is 1. The number of carbonyl (C=O) groups excluding carboxylic acids is 1. The summed E-state index contributed by atoms with van der Waals surface area (Å²) in [6, 6.07) is 5.94. The van der Waals surface area contributed by atoms with Crippen LogP contribution in [0.3, 0.4) is 0 Å². The van der Waals surface area contributed by atoms with Gasteiger partial charge in [-0.15, -0.1) is 11.3 Å².